The van der Waals surface area contributed by atoms with Gasteiger partial charge < -0.3 is 4.74 Å². The van der Waals surface area contributed by atoms with E-state index in [9.17, 15) is 0 Å². The number of benzene rings is 2. The van der Waals surface area contributed by atoms with E-state index in [1.165, 1.54) is 26.0 Å². The summed E-state index contributed by atoms with van der Waals surface area (Å²) >= 11 is 1.76. The zero-order valence-electron chi connectivity index (χ0n) is 14.1. The largest absolute Gasteiger partial charge is 0.458 e. The van der Waals surface area contributed by atoms with Gasteiger partial charge in [-0.3, -0.25) is 4.98 Å². The molecule has 0 bridgehead atoms. The average Bonchev–Trinajstić information content (AvgIpc) is 3.10. The van der Waals surface area contributed by atoms with Crippen LogP contribution in [0.25, 0.3) is 21.3 Å². The molecule has 2 nitrogen and oxygen atoms in total. The molecule has 0 atom stereocenters. The van der Waals surface area contributed by atoms with Gasteiger partial charge in [0.25, 0.3) is 0 Å². The second kappa shape index (κ2) is 5.28. The predicted octanol–water partition coefficient (Wildman–Crippen LogP) is 4.89. The number of thiophene rings is 1. The number of para-hydroxylation sites is 1. The highest BCUT2D eigenvalue weighted by molar-refractivity contribution is 7.17. The minimum Gasteiger partial charge on any atom is -0.458 e. The van der Waals surface area contributed by atoms with Gasteiger partial charge in [0.05, 0.1) is 5.69 Å². The fourth-order valence-corrected chi connectivity index (χ4v) is 7.83. The molecular formula is C21H17NOSSi. The first kappa shape index (κ1) is 14.9. The summed E-state index contributed by atoms with van der Waals surface area (Å²) in [6.07, 6.45) is 1.92. The van der Waals surface area contributed by atoms with E-state index < -0.39 is 8.07 Å². The standard InChI is InChI=1S/C21H17NOSSi/c1-25(2)19-9-4-3-7-16(19)23-17-8-5-6-15(21(17)25)20-14-11-13-24-18(14)10-12-22-20/h3-13H,1-2H3. The lowest BCUT2D eigenvalue weighted by Gasteiger charge is -2.34. The summed E-state index contributed by atoms with van der Waals surface area (Å²) in [4.78, 5) is 4.75. The predicted molar refractivity (Wildman–Crippen MR) is 108 cm³/mol. The van der Waals surface area contributed by atoms with E-state index in [0.29, 0.717) is 0 Å². The van der Waals surface area contributed by atoms with Crippen molar-refractivity contribution in [2.45, 2.75) is 13.1 Å². The fourth-order valence-electron chi connectivity index (χ4n) is 3.89. The van der Waals surface area contributed by atoms with E-state index in [2.05, 4.69) is 67.0 Å². The van der Waals surface area contributed by atoms with Gasteiger partial charge >= 0.3 is 0 Å². The van der Waals surface area contributed by atoms with Crippen molar-refractivity contribution < 1.29 is 4.74 Å². The summed E-state index contributed by atoms with van der Waals surface area (Å²) in [5, 5.41) is 6.07. The molecule has 2 aromatic carbocycles. The van der Waals surface area contributed by atoms with Crippen molar-refractivity contribution in [3.05, 3.63) is 66.2 Å². The molecule has 0 fully saturated rings. The molecule has 1 aliphatic rings. The minimum absolute atomic E-state index is 0.988. The van der Waals surface area contributed by atoms with Crippen LogP contribution in [0, 0.1) is 0 Å². The van der Waals surface area contributed by atoms with Crippen LogP contribution in [0.5, 0.6) is 11.5 Å². The first-order valence-corrected chi connectivity index (χ1v) is 12.3. The second-order valence-electron chi connectivity index (χ2n) is 6.89. The van der Waals surface area contributed by atoms with Gasteiger partial charge in [-0.25, -0.2) is 0 Å². The number of hydrogen-bond donors (Lipinski definition) is 0. The Kier molecular flexibility index (Phi) is 3.14. The highest BCUT2D eigenvalue weighted by Gasteiger charge is 2.38. The Balaban J connectivity index is 1.83. The van der Waals surface area contributed by atoms with Gasteiger partial charge in [-0.05, 0) is 40.0 Å². The van der Waals surface area contributed by atoms with E-state index in [0.717, 1.165) is 17.2 Å². The van der Waals surface area contributed by atoms with Gasteiger partial charge in [0.15, 0.2) is 0 Å². The number of fused-ring (bicyclic) bond motifs is 3. The maximum absolute atomic E-state index is 6.28. The zero-order valence-corrected chi connectivity index (χ0v) is 15.9. The van der Waals surface area contributed by atoms with Crippen molar-refractivity contribution in [3.8, 4) is 22.8 Å². The van der Waals surface area contributed by atoms with Gasteiger partial charge in [-0.2, -0.15) is 0 Å². The van der Waals surface area contributed by atoms with E-state index in [1.54, 1.807) is 11.3 Å². The molecule has 0 unspecified atom stereocenters. The smallest absolute Gasteiger partial charge is 0.127 e. The Labute approximate surface area is 151 Å². The average molecular weight is 360 g/mol. The van der Waals surface area contributed by atoms with Gasteiger partial charge in [0.2, 0.25) is 0 Å². The minimum atomic E-state index is -1.89. The molecule has 0 radical (unpaired) electrons. The highest BCUT2D eigenvalue weighted by atomic mass is 32.1. The van der Waals surface area contributed by atoms with Gasteiger partial charge in [0.1, 0.15) is 19.6 Å². The van der Waals surface area contributed by atoms with Gasteiger partial charge in [-0.15, -0.1) is 11.3 Å². The van der Waals surface area contributed by atoms with Crippen LogP contribution in [-0.2, 0) is 0 Å². The molecule has 25 heavy (non-hydrogen) atoms. The molecule has 5 rings (SSSR count). The molecule has 3 heterocycles. The topological polar surface area (TPSA) is 22.1 Å². The van der Waals surface area contributed by atoms with Crippen LogP contribution < -0.4 is 15.1 Å². The third kappa shape index (κ3) is 2.11. The number of aromatic nitrogens is 1. The van der Waals surface area contributed by atoms with E-state index in [4.69, 9.17) is 9.72 Å². The normalized spacial score (nSPS) is 14.6. The Bertz CT molecular complexity index is 1120. The molecule has 0 N–H and O–H groups in total. The summed E-state index contributed by atoms with van der Waals surface area (Å²) < 4.78 is 7.56. The number of hydrogen-bond acceptors (Lipinski definition) is 3. The molecule has 0 saturated carbocycles. The third-order valence-electron chi connectivity index (χ3n) is 5.07. The van der Waals surface area contributed by atoms with Gasteiger partial charge in [-0.1, -0.05) is 43.4 Å². The zero-order chi connectivity index (χ0) is 17.0. The lowest BCUT2D eigenvalue weighted by Crippen LogP contribution is -2.56. The molecule has 2 aromatic heterocycles. The maximum atomic E-state index is 6.28. The van der Waals surface area contributed by atoms with Crippen molar-refractivity contribution in [3.63, 3.8) is 0 Å². The first-order chi connectivity index (χ1) is 12.2. The molecule has 4 aromatic rings. The second-order valence-corrected chi connectivity index (χ2v) is 12.1. The van der Waals surface area contributed by atoms with E-state index >= 15 is 0 Å². The summed E-state index contributed by atoms with van der Waals surface area (Å²) in [5.74, 6) is 1.99. The Morgan fingerprint density at radius 1 is 0.920 bits per heavy atom. The van der Waals surface area contributed by atoms with Crippen LogP contribution in [0.15, 0.2) is 66.2 Å². The van der Waals surface area contributed by atoms with Crippen molar-refractivity contribution >= 4 is 39.9 Å². The molecule has 0 spiro atoms. The van der Waals surface area contributed by atoms with Crippen LogP contribution >= 0.6 is 11.3 Å². The third-order valence-corrected chi connectivity index (χ3v) is 9.47. The molecule has 1 aliphatic heterocycles. The highest BCUT2D eigenvalue weighted by Crippen LogP contribution is 2.35. The van der Waals surface area contributed by atoms with Crippen LogP contribution in [0.2, 0.25) is 13.1 Å². The van der Waals surface area contributed by atoms with Crippen molar-refractivity contribution in [2.24, 2.45) is 0 Å². The van der Waals surface area contributed by atoms with E-state index in [-0.39, 0.29) is 0 Å². The summed E-state index contributed by atoms with van der Waals surface area (Å²) in [5.41, 5.74) is 2.28. The van der Waals surface area contributed by atoms with Crippen LogP contribution in [0.4, 0.5) is 0 Å². The lowest BCUT2D eigenvalue weighted by atomic mass is 10.1. The number of rotatable bonds is 1. The maximum Gasteiger partial charge on any atom is 0.127 e. The summed E-state index contributed by atoms with van der Waals surface area (Å²) in [6.45, 7) is 4.81. The van der Waals surface area contributed by atoms with Crippen LogP contribution in [0.1, 0.15) is 0 Å². The van der Waals surface area contributed by atoms with Crippen LogP contribution in [-0.4, -0.2) is 13.1 Å². The van der Waals surface area contributed by atoms with Crippen molar-refractivity contribution in [2.75, 3.05) is 0 Å². The Morgan fingerprint density at radius 2 is 1.76 bits per heavy atom. The van der Waals surface area contributed by atoms with Gasteiger partial charge in [0, 0.05) is 21.8 Å². The summed E-state index contributed by atoms with van der Waals surface area (Å²) in [6, 6.07) is 19.1. The SMILES string of the molecule is C[Si]1(C)c2ccccc2Oc2cccc(-c3nccc4sccc34)c21. The molecule has 4 heteroatoms. The van der Waals surface area contributed by atoms with E-state index in [1.807, 2.05) is 12.3 Å². The first-order valence-electron chi connectivity index (χ1n) is 8.40. The lowest BCUT2D eigenvalue weighted by molar-refractivity contribution is 0.487. The number of nitrogens with zero attached hydrogens (tertiary/aromatic N) is 1. The molecule has 0 aliphatic carbocycles. The molecule has 122 valence electrons. The monoisotopic (exact) mass is 359 g/mol. The Morgan fingerprint density at radius 3 is 2.68 bits per heavy atom. The Hall–Kier alpha value is -2.43. The number of pyridine rings is 1. The number of ether oxygens (including phenoxy) is 1. The van der Waals surface area contributed by atoms with Crippen molar-refractivity contribution in [1.82, 2.24) is 4.98 Å². The van der Waals surface area contributed by atoms with Crippen LogP contribution in [0.3, 0.4) is 0 Å². The quantitative estimate of drug-likeness (QED) is 0.451. The summed E-state index contributed by atoms with van der Waals surface area (Å²) in [7, 11) is -1.89. The molecule has 0 amide bonds. The fraction of sp³-hybridized carbons (Fsp3) is 0.0952. The van der Waals surface area contributed by atoms with Crippen molar-refractivity contribution in [1.29, 1.82) is 0 Å². The molecule has 0 saturated heterocycles. The molecular weight excluding hydrogens is 342 g/mol.